The van der Waals surface area contributed by atoms with Crippen molar-refractivity contribution in [2.45, 2.75) is 11.8 Å². The number of amides is 3. The summed E-state index contributed by atoms with van der Waals surface area (Å²) in [5, 5.41) is 4.63. The van der Waals surface area contributed by atoms with Gasteiger partial charge in [0.25, 0.3) is 0 Å². The van der Waals surface area contributed by atoms with E-state index in [4.69, 9.17) is 16.3 Å². The third-order valence-electron chi connectivity index (χ3n) is 5.67. The van der Waals surface area contributed by atoms with Crippen molar-refractivity contribution in [3.8, 4) is 11.5 Å². The van der Waals surface area contributed by atoms with Gasteiger partial charge >= 0.3 is 6.03 Å². The number of halogens is 2. The molecule has 2 N–H and O–H groups in total. The topological polar surface area (TPSA) is 70.7 Å². The maximum Gasteiger partial charge on any atom is 0.326 e. The maximum atomic E-state index is 14.2. The van der Waals surface area contributed by atoms with Crippen molar-refractivity contribution in [2.75, 3.05) is 23.3 Å². The fourth-order valence-corrected chi connectivity index (χ4v) is 3.95. The first kappa shape index (κ1) is 26.7. The lowest BCUT2D eigenvalue weighted by Crippen LogP contribution is -2.38. The Morgan fingerprint density at radius 2 is 1.42 bits per heavy atom. The van der Waals surface area contributed by atoms with E-state index in [1.54, 1.807) is 48.5 Å². The molecule has 0 aliphatic rings. The summed E-state index contributed by atoms with van der Waals surface area (Å²) >= 11 is 6.29. The molecule has 8 heteroatoms. The molecule has 0 aliphatic heterocycles. The quantitative estimate of drug-likeness (QED) is 0.169. The van der Waals surface area contributed by atoms with E-state index in [2.05, 4.69) is 10.6 Å². The van der Waals surface area contributed by atoms with E-state index in [-0.39, 0.29) is 18.1 Å². The first-order chi connectivity index (χ1) is 18.5. The number of anilines is 2. The van der Waals surface area contributed by atoms with Gasteiger partial charge in [0, 0.05) is 18.8 Å². The molecule has 0 saturated heterocycles. The summed E-state index contributed by atoms with van der Waals surface area (Å²) in [6, 6.07) is 30.9. The molecular weight excluding hydrogens is 505 g/mol. The number of ether oxygens (including phenoxy) is 1. The SMILES string of the molecule is O=C(NCCCN(C(=O)Nc1ccccc1F)c1ccc(Oc2ccccc2)cc1)C(Cl)c1ccccc1. The number of nitrogens with zero attached hydrogens (tertiary/aromatic N) is 1. The highest BCUT2D eigenvalue weighted by Gasteiger charge is 2.19. The zero-order valence-electron chi connectivity index (χ0n) is 20.5. The van der Waals surface area contributed by atoms with Gasteiger partial charge in [-0.15, -0.1) is 11.6 Å². The number of nitrogens with one attached hydrogen (secondary N) is 2. The lowest BCUT2D eigenvalue weighted by Gasteiger charge is -2.24. The van der Waals surface area contributed by atoms with Crippen LogP contribution < -0.4 is 20.3 Å². The van der Waals surface area contributed by atoms with Crippen molar-refractivity contribution in [2.24, 2.45) is 0 Å². The molecule has 3 amide bonds. The van der Waals surface area contributed by atoms with Gasteiger partial charge in [-0.3, -0.25) is 9.69 Å². The Morgan fingerprint density at radius 3 is 2.11 bits per heavy atom. The number of hydrogen-bond acceptors (Lipinski definition) is 3. The lowest BCUT2D eigenvalue weighted by atomic mass is 10.1. The fraction of sp³-hybridized carbons (Fsp3) is 0.133. The highest BCUT2D eigenvalue weighted by atomic mass is 35.5. The van der Waals surface area contributed by atoms with Crippen LogP contribution in [0.25, 0.3) is 0 Å². The molecular formula is C30H27ClFN3O3. The fourth-order valence-electron chi connectivity index (χ4n) is 3.72. The molecule has 0 saturated carbocycles. The van der Waals surface area contributed by atoms with Crippen molar-refractivity contribution in [3.05, 3.63) is 121 Å². The van der Waals surface area contributed by atoms with Gasteiger partial charge in [0.1, 0.15) is 22.7 Å². The highest BCUT2D eigenvalue weighted by molar-refractivity contribution is 6.30. The van der Waals surface area contributed by atoms with Crippen LogP contribution in [-0.2, 0) is 4.79 Å². The largest absolute Gasteiger partial charge is 0.457 e. The van der Waals surface area contributed by atoms with Crippen LogP contribution in [0.5, 0.6) is 11.5 Å². The number of rotatable bonds is 10. The molecule has 0 spiro atoms. The zero-order valence-corrected chi connectivity index (χ0v) is 21.3. The van der Waals surface area contributed by atoms with Crippen LogP contribution in [0.1, 0.15) is 17.4 Å². The minimum absolute atomic E-state index is 0.0766. The summed E-state index contributed by atoms with van der Waals surface area (Å²) in [6.07, 6.45) is 0.442. The molecule has 0 bridgehead atoms. The smallest absolute Gasteiger partial charge is 0.326 e. The van der Waals surface area contributed by atoms with Crippen LogP contribution >= 0.6 is 11.6 Å². The maximum absolute atomic E-state index is 14.2. The number of benzene rings is 4. The van der Waals surface area contributed by atoms with E-state index in [0.29, 0.717) is 35.7 Å². The van der Waals surface area contributed by atoms with Crippen molar-refractivity contribution in [3.63, 3.8) is 0 Å². The van der Waals surface area contributed by atoms with Gasteiger partial charge in [0.15, 0.2) is 0 Å². The first-order valence-corrected chi connectivity index (χ1v) is 12.6. The Bertz CT molecular complexity index is 1340. The van der Waals surface area contributed by atoms with Gasteiger partial charge in [0.05, 0.1) is 5.69 Å². The van der Waals surface area contributed by atoms with Crippen LogP contribution in [0.4, 0.5) is 20.6 Å². The Morgan fingerprint density at radius 1 is 0.816 bits per heavy atom. The number of para-hydroxylation sites is 2. The van der Waals surface area contributed by atoms with E-state index in [9.17, 15) is 14.0 Å². The second kappa shape index (κ2) is 13.3. The minimum atomic E-state index is -0.811. The van der Waals surface area contributed by atoms with E-state index < -0.39 is 17.2 Å². The molecule has 0 aromatic heterocycles. The van der Waals surface area contributed by atoms with Crippen LogP contribution in [0.2, 0.25) is 0 Å². The Kier molecular flexibility index (Phi) is 9.32. The van der Waals surface area contributed by atoms with Gasteiger partial charge in [-0.1, -0.05) is 60.7 Å². The molecule has 1 atom stereocenters. The zero-order chi connectivity index (χ0) is 26.7. The number of hydrogen-bond donors (Lipinski definition) is 2. The first-order valence-electron chi connectivity index (χ1n) is 12.1. The number of alkyl halides is 1. The molecule has 0 radical (unpaired) electrons. The van der Waals surface area contributed by atoms with Gasteiger partial charge in [0.2, 0.25) is 5.91 Å². The summed E-state index contributed by atoms with van der Waals surface area (Å²) in [6.45, 7) is 0.561. The molecule has 1 unspecified atom stereocenters. The predicted octanol–water partition coefficient (Wildman–Crippen LogP) is 7.14. The van der Waals surface area contributed by atoms with E-state index in [0.717, 1.165) is 0 Å². The summed E-state index contributed by atoms with van der Waals surface area (Å²) in [5.74, 6) is 0.449. The van der Waals surface area contributed by atoms with Gasteiger partial charge in [-0.05, 0) is 60.5 Å². The van der Waals surface area contributed by atoms with Gasteiger partial charge < -0.3 is 15.4 Å². The minimum Gasteiger partial charge on any atom is -0.457 e. The molecule has 0 aliphatic carbocycles. The molecule has 4 aromatic rings. The van der Waals surface area contributed by atoms with Crippen molar-refractivity contribution >= 4 is 34.9 Å². The number of carbonyl (C=O) groups is 2. The summed E-state index contributed by atoms with van der Waals surface area (Å²) in [7, 11) is 0. The Labute approximate surface area is 226 Å². The van der Waals surface area contributed by atoms with Gasteiger partial charge in [-0.25, -0.2) is 9.18 Å². The Hall–Kier alpha value is -4.36. The van der Waals surface area contributed by atoms with Crippen LogP contribution in [0.3, 0.4) is 0 Å². The monoisotopic (exact) mass is 531 g/mol. The third kappa shape index (κ3) is 7.33. The molecule has 194 valence electrons. The van der Waals surface area contributed by atoms with Crippen molar-refractivity contribution < 1.29 is 18.7 Å². The van der Waals surface area contributed by atoms with E-state index in [1.165, 1.54) is 17.0 Å². The number of urea groups is 1. The van der Waals surface area contributed by atoms with Crippen LogP contribution in [-0.4, -0.2) is 25.0 Å². The summed E-state index contributed by atoms with van der Waals surface area (Å²) in [5.41, 5.74) is 1.37. The normalized spacial score (nSPS) is 11.3. The highest BCUT2D eigenvalue weighted by Crippen LogP contribution is 2.25. The standard InChI is InChI=1S/C30H27ClFN3O3/c31-28(22-10-3-1-4-11-22)29(36)33-20-9-21-35(30(37)34-27-15-8-7-14-26(27)32)23-16-18-25(19-17-23)38-24-12-5-2-6-13-24/h1-8,10-19,28H,9,20-21H2,(H,33,36)(H,34,37). The average Bonchev–Trinajstić information content (AvgIpc) is 2.95. The second-order valence-electron chi connectivity index (χ2n) is 8.39. The number of carbonyl (C=O) groups excluding carboxylic acids is 2. The average molecular weight is 532 g/mol. The van der Waals surface area contributed by atoms with E-state index in [1.807, 2.05) is 48.5 Å². The van der Waals surface area contributed by atoms with Crippen LogP contribution in [0.15, 0.2) is 109 Å². The second-order valence-corrected chi connectivity index (χ2v) is 8.82. The molecule has 0 heterocycles. The summed E-state index contributed by atoms with van der Waals surface area (Å²) in [4.78, 5) is 27.1. The molecule has 38 heavy (non-hydrogen) atoms. The van der Waals surface area contributed by atoms with Crippen LogP contribution in [0, 0.1) is 5.82 Å². The molecule has 4 aromatic carbocycles. The third-order valence-corrected chi connectivity index (χ3v) is 6.12. The van der Waals surface area contributed by atoms with E-state index >= 15 is 0 Å². The molecule has 6 nitrogen and oxygen atoms in total. The Balaban J connectivity index is 1.41. The van der Waals surface area contributed by atoms with Crippen molar-refractivity contribution in [1.82, 2.24) is 5.32 Å². The lowest BCUT2D eigenvalue weighted by molar-refractivity contribution is -0.120. The predicted molar refractivity (Wildman–Crippen MR) is 148 cm³/mol. The molecule has 4 rings (SSSR count). The summed E-state index contributed by atoms with van der Waals surface area (Å²) < 4.78 is 20.0. The molecule has 0 fully saturated rings. The van der Waals surface area contributed by atoms with Crippen molar-refractivity contribution in [1.29, 1.82) is 0 Å². The van der Waals surface area contributed by atoms with Gasteiger partial charge in [-0.2, -0.15) is 0 Å².